The molecule has 9 nitrogen and oxygen atoms in total. The predicted molar refractivity (Wildman–Crippen MR) is 114 cm³/mol. The van der Waals surface area contributed by atoms with Crippen LogP contribution in [0.15, 0.2) is 52.9 Å². The molecule has 1 aromatic heterocycles. The molecule has 1 heterocycles. The summed E-state index contributed by atoms with van der Waals surface area (Å²) in [5.41, 5.74) is 0.817. The summed E-state index contributed by atoms with van der Waals surface area (Å²) in [4.78, 5) is 12.4. The molecule has 1 N–H and O–H groups in total. The van der Waals surface area contributed by atoms with Crippen LogP contribution in [-0.4, -0.2) is 45.3 Å². The minimum absolute atomic E-state index is 0.0761. The van der Waals surface area contributed by atoms with Crippen LogP contribution >= 0.6 is 11.3 Å². The van der Waals surface area contributed by atoms with Gasteiger partial charge in [-0.2, -0.15) is 8.42 Å². The number of amides is 1. The summed E-state index contributed by atoms with van der Waals surface area (Å²) in [6.07, 6.45) is 0. The fourth-order valence-electron chi connectivity index (χ4n) is 2.63. The third kappa shape index (κ3) is 4.52. The molecular formula is C19H20N4O5S2. The molecule has 3 rings (SSSR count). The zero-order chi connectivity index (χ0) is 21.7. The van der Waals surface area contributed by atoms with Gasteiger partial charge < -0.3 is 9.47 Å². The number of carbonyl (C=O) groups excluding carboxylic acids is 1. The van der Waals surface area contributed by atoms with Crippen molar-refractivity contribution in [3.63, 3.8) is 0 Å². The van der Waals surface area contributed by atoms with E-state index in [-0.39, 0.29) is 16.0 Å². The van der Waals surface area contributed by atoms with Gasteiger partial charge in [0.2, 0.25) is 5.13 Å². The molecule has 0 unspecified atom stereocenters. The summed E-state index contributed by atoms with van der Waals surface area (Å²) in [6, 6.07) is 13.2. The van der Waals surface area contributed by atoms with Crippen molar-refractivity contribution < 1.29 is 22.7 Å². The molecule has 3 aromatic rings. The van der Waals surface area contributed by atoms with E-state index in [1.54, 1.807) is 55.5 Å². The van der Waals surface area contributed by atoms with Crippen molar-refractivity contribution in [1.29, 1.82) is 0 Å². The van der Waals surface area contributed by atoms with E-state index in [2.05, 4.69) is 15.5 Å². The molecule has 0 saturated heterocycles. The molecular weight excluding hydrogens is 428 g/mol. The lowest BCUT2D eigenvalue weighted by molar-refractivity contribution is 0.102. The molecule has 0 aliphatic carbocycles. The number of hydrogen-bond donors (Lipinski definition) is 1. The number of nitrogens with one attached hydrogen (secondary N) is 1. The van der Waals surface area contributed by atoms with Crippen molar-refractivity contribution in [2.75, 3.05) is 30.4 Å². The number of nitrogens with zero attached hydrogens (tertiary/aromatic N) is 3. The molecule has 0 atom stereocenters. The first-order valence-corrected chi connectivity index (χ1v) is 11.1. The number of benzene rings is 2. The first kappa shape index (κ1) is 21.5. The van der Waals surface area contributed by atoms with Gasteiger partial charge in [0.1, 0.15) is 11.5 Å². The minimum Gasteiger partial charge on any atom is -0.497 e. The third-order valence-electron chi connectivity index (χ3n) is 4.12. The Morgan fingerprint density at radius 1 is 1.07 bits per heavy atom. The topological polar surface area (TPSA) is 111 Å². The monoisotopic (exact) mass is 448 g/mol. The number of rotatable bonds is 8. The van der Waals surface area contributed by atoms with Crippen LogP contribution in [0, 0.1) is 0 Å². The predicted octanol–water partition coefficient (Wildman–Crippen LogP) is 3.02. The second kappa shape index (κ2) is 9.09. The van der Waals surface area contributed by atoms with Gasteiger partial charge >= 0.3 is 0 Å². The van der Waals surface area contributed by atoms with E-state index >= 15 is 0 Å². The van der Waals surface area contributed by atoms with E-state index in [0.717, 1.165) is 11.3 Å². The highest BCUT2D eigenvalue weighted by Gasteiger charge is 2.28. The van der Waals surface area contributed by atoms with Crippen LogP contribution in [-0.2, 0) is 10.0 Å². The van der Waals surface area contributed by atoms with Crippen molar-refractivity contribution in [3.05, 3.63) is 54.1 Å². The maximum absolute atomic E-state index is 13.0. The van der Waals surface area contributed by atoms with Crippen LogP contribution in [0.1, 0.15) is 17.3 Å². The second-order valence-electron chi connectivity index (χ2n) is 5.93. The largest absolute Gasteiger partial charge is 0.497 e. The number of aromatic nitrogens is 2. The van der Waals surface area contributed by atoms with Gasteiger partial charge in [0.05, 0.1) is 19.9 Å². The summed E-state index contributed by atoms with van der Waals surface area (Å²) in [5, 5.41) is 10.2. The van der Waals surface area contributed by atoms with Crippen molar-refractivity contribution in [2.45, 2.75) is 11.3 Å². The lowest BCUT2D eigenvalue weighted by Gasteiger charge is -2.21. The Morgan fingerprint density at radius 2 is 1.77 bits per heavy atom. The highest BCUT2D eigenvalue weighted by molar-refractivity contribution is 7.94. The molecule has 2 aromatic carbocycles. The number of carbonyl (C=O) groups is 1. The van der Waals surface area contributed by atoms with Crippen molar-refractivity contribution in [1.82, 2.24) is 10.2 Å². The Balaban J connectivity index is 1.81. The molecule has 0 fully saturated rings. The Morgan fingerprint density at radius 3 is 2.40 bits per heavy atom. The van der Waals surface area contributed by atoms with Crippen molar-refractivity contribution >= 4 is 38.1 Å². The van der Waals surface area contributed by atoms with E-state index < -0.39 is 15.9 Å². The Labute approximate surface area is 178 Å². The van der Waals surface area contributed by atoms with E-state index in [4.69, 9.17) is 9.47 Å². The van der Waals surface area contributed by atoms with Crippen LogP contribution in [0.25, 0.3) is 0 Å². The molecule has 0 radical (unpaired) electrons. The molecule has 158 valence electrons. The molecule has 0 spiro atoms. The fraction of sp³-hybridized carbons (Fsp3) is 0.211. The summed E-state index contributed by atoms with van der Waals surface area (Å²) in [6.45, 7) is 1.91. The van der Waals surface area contributed by atoms with E-state index in [0.29, 0.717) is 22.7 Å². The summed E-state index contributed by atoms with van der Waals surface area (Å²) >= 11 is 0.779. The quantitative estimate of drug-likeness (QED) is 0.527. The van der Waals surface area contributed by atoms with Crippen LogP contribution in [0.2, 0.25) is 0 Å². The van der Waals surface area contributed by atoms with Gasteiger partial charge in [-0.3, -0.25) is 14.4 Å². The van der Waals surface area contributed by atoms with Crippen LogP contribution < -0.4 is 19.1 Å². The van der Waals surface area contributed by atoms with E-state index in [1.807, 2.05) is 0 Å². The van der Waals surface area contributed by atoms with Crippen LogP contribution in [0.5, 0.6) is 11.5 Å². The van der Waals surface area contributed by atoms with E-state index in [1.165, 1.54) is 18.5 Å². The normalized spacial score (nSPS) is 11.0. The first-order chi connectivity index (χ1) is 14.4. The zero-order valence-electron chi connectivity index (χ0n) is 16.5. The van der Waals surface area contributed by atoms with Crippen molar-refractivity contribution in [2.24, 2.45) is 0 Å². The number of anilines is 2. The number of hydrogen-bond acceptors (Lipinski definition) is 8. The average molecular weight is 449 g/mol. The molecule has 30 heavy (non-hydrogen) atoms. The summed E-state index contributed by atoms with van der Waals surface area (Å²) in [5.74, 6) is 0.698. The Kier molecular flexibility index (Phi) is 6.53. The first-order valence-electron chi connectivity index (χ1n) is 8.84. The molecule has 1 amide bonds. The van der Waals surface area contributed by atoms with Gasteiger partial charge in [0.15, 0.2) is 0 Å². The smallest absolute Gasteiger partial charge is 0.293 e. The molecule has 0 aliphatic rings. The molecule has 11 heteroatoms. The minimum atomic E-state index is -3.95. The van der Waals surface area contributed by atoms with Crippen LogP contribution in [0.3, 0.4) is 0 Å². The lowest BCUT2D eigenvalue weighted by Crippen LogP contribution is -2.30. The van der Waals surface area contributed by atoms with Crippen molar-refractivity contribution in [3.8, 4) is 11.5 Å². The standard InChI is InChI=1S/C19H20N4O5S2/c1-4-23(14-8-10-15(27-2)11-9-14)30(25,26)19-22-21-18(29-19)20-17(24)13-6-5-7-16(12-13)28-3/h5-12H,4H2,1-3H3,(H,20,21,24). The maximum Gasteiger partial charge on any atom is 0.293 e. The average Bonchev–Trinajstić information content (AvgIpc) is 3.24. The van der Waals surface area contributed by atoms with Gasteiger partial charge in [-0.25, -0.2) is 0 Å². The highest BCUT2D eigenvalue weighted by atomic mass is 32.2. The van der Waals surface area contributed by atoms with Gasteiger partial charge in [-0.1, -0.05) is 17.4 Å². The number of ether oxygens (including phenoxy) is 2. The summed E-state index contributed by atoms with van der Waals surface area (Å²) < 4.78 is 37.3. The zero-order valence-corrected chi connectivity index (χ0v) is 18.2. The highest BCUT2D eigenvalue weighted by Crippen LogP contribution is 2.28. The second-order valence-corrected chi connectivity index (χ2v) is 8.94. The number of sulfonamides is 1. The molecule has 0 saturated carbocycles. The Hall–Kier alpha value is -3.18. The number of methoxy groups -OCH3 is 2. The maximum atomic E-state index is 13.0. The summed E-state index contributed by atoms with van der Waals surface area (Å²) in [7, 11) is -0.913. The van der Waals surface area contributed by atoms with Gasteiger partial charge in [0, 0.05) is 12.1 Å². The van der Waals surface area contributed by atoms with Gasteiger partial charge in [-0.15, -0.1) is 10.2 Å². The molecule has 0 aliphatic heterocycles. The fourth-order valence-corrected chi connectivity index (χ4v) is 5.10. The lowest BCUT2D eigenvalue weighted by atomic mass is 10.2. The SMILES string of the molecule is CCN(c1ccc(OC)cc1)S(=O)(=O)c1nnc(NC(=O)c2cccc(OC)c2)s1. The third-order valence-corrected chi connectivity index (χ3v) is 7.20. The van der Waals surface area contributed by atoms with Gasteiger partial charge in [0.25, 0.3) is 20.3 Å². The Bertz CT molecular complexity index is 1130. The van der Waals surface area contributed by atoms with Crippen LogP contribution in [0.4, 0.5) is 10.8 Å². The molecule has 0 bridgehead atoms. The van der Waals surface area contributed by atoms with Gasteiger partial charge in [-0.05, 0) is 49.4 Å². The van der Waals surface area contributed by atoms with E-state index in [9.17, 15) is 13.2 Å².